The fourth-order valence-electron chi connectivity index (χ4n) is 2.26. The van der Waals surface area contributed by atoms with E-state index in [2.05, 4.69) is 46.3 Å². The van der Waals surface area contributed by atoms with Crippen LogP contribution in [0.2, 0.25) is 0 Å². The Morgan fingerprint density at radius 1 is 1.26 bits per heavy atom. The van der Waals surface area contributed by atoms with Gasteiger partial charge in [-0.25, -0.2) is 9.67 Å². The number of rotatable bonds is 5. The summed E-state index contributed by atoms with van der Waals surface area (Å²) in [6.07, 6.45) is 4.29. The molecule has 3 rings (SSSR count). The summed E-state index contributed by atoms with van der Waals surface area (Å²) < 4.78 is 7.24. The minimum absolute atomic E-state index is 0. The number of hydrogen-bond acceptors (Lipinski definition) is 6. The number of pyridine rings is 1. The van der Waals surface area contributed by atoms with E-state index in [1.165, 1.54) is 0 Å². The summed E-state index contributed by atoms with van der Waals surface area (Å²) >= 11 is 0. The molecule has 0 spiro atoms. The molecule has 3 heterocycles. The Morgan fingerprint density at radius 2 is 2.04 bits per heavy atom. The van der Waals surface area contributed by atoms with Crippen molar-refractivity contribution in [1.29, 1.82) is 0 Å². The van der Waals surface area contributed by atoms with E-state index in [4.69, 9.17) is 4.52 Å². The van der Waals surface area contributed by atoms with Crippen LogP contribution in [-0.4, -0.2) is 38.0 Å². The van der Waals surface area contributed by atoms with E-state index in [1.54, 1.807) is 6.20 Å². The smallest absolute Gasteiger partial charge is 0.259 e. The van der Waals surface area contributed by atoms with Gasteiger partial charge in [-0.2, -0.15) is 10.1 Å². The largest absolute Gasteiger partial charge is 0.334 e. The van der Waals surface area contributed by atoms with Crippen molar-refractivity contribution in [2.75, 3.05) is 7.05 Å². The van der Waals surface area contributed by atoms with Crippen LogP contribution in [0.15, 0.2) is 23.0 Å². The summed E-state index contributed by atoms with van der Waals surface area (Å²) in [7, 11) is 1.91. The lowest BCUT2D eigenvalue weighted by Crippen LogP contribution is -2.24. The van der Waals surface area contributed by atoms with Crippen LogP contribution in [0.4, 0.5) is 0 Å². The second-order valence-electron chi connectivity index (χ2n) is 5.73. The molecule has 8 heteroatoms. The van der Waals surface area contributed by atoms with Gasteiger partial charge in [-0.1, -0.05) is 5.16 Å². The van der Waals surface area contributed by atoms with Gasteiger partial charge in [0.25, 0.3) is 5.89 Å². The Bertz CT molecular complexity index is 781. The average Bonchev–Trinajstić information content (AvgIpc) is 3.12. The Balaban J connectivity index is 0.00000192. The summed E-state index contributed by atoms with van der Waals surface area (Å²) in [6.45, 7) is 6.23. The van der Waals surface area contributed by atoms with Crippen LogP contribution in [0.5, 0.6) is 0 Å². The van der Waals surface area contributed by atoms with E-state index in [0.29, 0.717) is 17.8 Å². The molecular weight excluding hydrogens is 316 g/mol. The summed E-state index contributed by atoms with van der Waals surface area (Å²) in [5.41, 5.74) is 1.67. The average molecular weight is 337 g/mol. The predicted molar refractivity (Wildman–Crippen MR) is 90.7 cm³/mol. The van der Waals surface area contributed by atoms with Crippen molar-refractivity contribution in [3.63, 3.8) is 0 Å². The van der Waals surface area contributed by atoms with E-state index in [0.717, 1.165) is 23.0 Å². The van der Waals surface area contributed by atoms with E-state index in [-0.39, 0.29) is 18.4 Å². The Labute approximate surface area is 140 Å². The number of aromatic nitrogens is 5. The summed E-state index contributed by atoms with van der Waals surface area (Å²) in [5, 5.41) is 12.5. The first kappa shape index (κ1) is 17.4. The Hall–Kier alpha value is -1.99. The molecular formula is C15H21ClN6O. The van der Waals surface area contributed by atoms with Gasteiger partial charge in [0.15, 0.2) is 11.5 Å². The van der Waals surface area contributed by atoms with Crippen LogP contribution in [0.3, 0.4) is 0 Å². The van der Waals surface area contributed by atoms with Crippen LogP contribution >= 0.6 is 12.4 Å². The maximum Gasteiger partial charge on any atom is 0.259 e. The SMILES string of the molecule is CNC(C)Cc1noc(-c2cnc3c(cnn3C(C)C)c2)n1.Cl. The van der Waals surface area contributed by atoms with Gasteiger partial charge in [-0.15, -0.1) is 12.4 Å². The fraction of sp³-hybridized carbons (Fsp3) is 0.467. The zero-order valence-corrected chi connectivity index (χ0v) is 14.5. The first-order chi connectivity index (χ1) is 10.6. The van der Waals surface area contributed by atoms with Crippen molar-refractivity contribution in [2.24, 2.45) is 0 Å². The number of fused-ring (bicyclic) bond motifs is 1. The summed E-state index contributed by atoms with van der Waals surface area (Å²) in [4.78, 5) is 8.92. The second kappa shape index (κ2) is 7.06. The van der Waals surface area contributed by atoms with Crippen molar-refractivity contribution in [3.8, 4) is 11.5 Å². The van der Waals surface area contributed by atoms with Crippen LogP contribution in [0.25, 0.3) is 22.5 Å². The van der Waals surface area contributed by atoms with E-state index >= 15 is 0 Å². The van der Waals surface area contributed by atoms with Crippen molar-refractivity contribution in [2.45, 2.75) is 39.3 Å². The summed E-state index contributed by atoms with van der Waals surface area (Å²) in [5.74, 6) is 1.18. The topological polar surface area (TPSA) is 81.7 Å². The minimum atomic E-state index is 0. The highest BCUT2D eigenvalue weighted by Crippen LogP contribution is 2.22. The maximum atomic E-state index is 5.34. The zero-order chi connectivity index (χ0) is 15.7. The van der Waals surface area contributed by atoms with E-state index in [9.17, 15) is 0 Å². The van der Waals surface area contributed by atoms with Crippen LogP contribution in [0.1, 0.15) is 32.6 Å². The molecule has 0 radical (unpaired) electrons. The van der Waals surface area contributed by atoms with Crippen LogP contribution in [-0.2, 0) is 6.42 Å². The molecule has 1 atom stereocenters. The molecule has 0 bridgehead atoms. The molecule has 0 aliphatic carbocycles. The molecule has 1 N–H and O–H groups in total. The molecule has 3 aromatic heterocycles. The molecule has 0 fully saturated rings. The van der Waals surface area contributed by atoms with Gasteiger partial charge in [0.05, 0.1) is 11.8 Å². The first-order valence-electron chi connectivity index (χ1n) is 7.42. The van der Waals surface area contributed by atoms with Crippen LogP contribution < -0.4 is 5.32 Å². The lowest BCUT2D eigenvalue weighted by Gasteiger charge is -2.05. The van der Waals surface area contributed by atoms with Gasteiger partial charge in [0.2, 0.25) is 0 Å². The standard InChI is InChI=1S/C15H20N6O.ClH/c1-9(2)21-14-11(8-18-21)6-12(7-17-14)15-19-13(20-22-15)5-10(3)16-4;/h6-10,16H,5H2,1-4H3;1H. The molecule has 0 aliphatic rings. The second-order valence-corrected chi connectivity index (χ2v) is 5.73. The molecule has 0 saturated carbocycles. The number of nitrogens with zero attached hydrogens (tertiary/aromatic N) is 5. The van der Waals surface area contributed by atoms with Gasteiger partial charge >= 0.3 is 0 Å². The third-order valence-electron chi connectivity index (χ3n) is 3.62. The lowest BCUT2D eigenvalue weighted by molar-refractivity contribution is 0.418. The van der Waals surface area contributed by atoms with Crippen molar-refractivity contribution in [1.82, 2.24) is 30.2 Å². The summed E-state index contributed by atoms with van der Waals surface area (Å²) in [6, 6.07) is 2.55. The minimum Gasteiger partial charge on any atom is -0.334 e. The molecule has 0 aliphatic heterocycles. The van der Waals surface area contributed by atoms with E-state index in [1.807, 2.05) is 24.0 Å². The lowest BCUT2D eigenvalue weighted by atomic mass is 10.2. The highest BCUT2D eigenvalue weighted by atomic mass is 35.5. The Morgan fingerprint density at radius 3 is 2.74 bits per heavy atom. The molecule has 3 aromatic rings. The van der Waals surface area contributed by atoms with Gasteiger partial charge in [0.1, 0.15) is 0 Å². The number of nitrogens with one attached hydrogen (secondary N) is 1. The molecule has 0 amide bonds. The van der Waals surface area contributed by atoms with E-state index < -0.39 is 0 Å². The zero-order valence-electron chi connectivity index (χ0n) is 13.6. The van der Waals surface area contributed by atoms with Crippen molar-refractivity contribution in [3.05, 3.63) is 24.3 Å². The molecule has 7 nitrogen and oxygen atoms in total. The number of halogens is 1. The van der Waals surface area contributed by atoms with Gasteiger partial charge in [-0.3, -0.25) is 0 Å². The van der Waals surface area contributed by atoms with Gasteiger partial charge in [0, 0.05) is 30.1 Å². The fourth-order valence-corrected chi connectivity index (χ4v) is 2.26. The van der Waals surface area contributed by atoms with Gasteiger partial charge < -0.3 is 9.84 Å². The molecule has 0 saturated heterocycles. The van der Waals surface area contributed by atoms with Crippen molar-refractivity contribution >= 4 is 23.4 Å². The third-order valence-corrected chi connectivity index (χ3v) is 3.62. The van der Waals surface area contributed by atoms with Crippen molar-refractivity contribution < 1.29 is 4.52 Å². The monoisotopic (exact) mass is 336 g/mol. The predicted octanol–water partition coefficient (Wildman–Crippen LogP) is 2.63. The normalized spacial score (nSPS) is 12.6. The highest BCUT2D eigenvalue weighted by Gasteiger charge is 2.14. The molecule has 124 valence electrons. The molecule has 23 heavy (non-hydrogen) atoms. The molecule has 0 aromatic carbocycles. The quantitative estimate of drug-likeness (QED) is 0.771. The van der Waals surface area contributed by atoms with Gasteiger partial charge in [-0.05, 0) is 33.9 Å². The first-order valence-corrected chi connectivity index (χ1v) is 7.42. The molecule has 1 unspecified atom stereocenters. The van der Waals surface area contributed by atoms with Crippen LogP contribution in [0, 0.1) is 0 Å². The Kier molecular flexibility index (Phi) is 5.33. The number of hydrogen-bond donors (Lipinski definition) is 1. The number of likely N-dealkylation sites (N-methyl/N-ethyl adjacent to an activating group) is 1. The maximum absolute atomic E-state index is 5.34. The highest BCUT2D eigenvalue weighted by molar-refractivity contribution is 5.85. The third kappa shape index (κ3) is 3.51.